The number of para-hydroxylation sites is 1. The van der Waals surface area contributed by atoms with E-state index in [4.69, 9.17) is 4.42 Å². The second-order valence-electron chi connectivity index (χ2n) is 6.81. The minimum atomic E-state index is -0.333. The van der Waals surface area contributed by atoms with E-state index in [0.29, 0.717) is 17.2 Å². The quantitative estimate of drug-likeness (QED) is 0.302. The predicted molar refractivity (Wildman–Crippen MR) is 125 cm³/mol. The molecule has 0 bridgehead atoms. The summed E-state index contributed by atoms with van der Waals surface area (Å²) in [5.74, 6) is 0.950. The van der Waals surface area contributed by atoms with Gasteiger partial charge in [-0.25, -0.2) is 0 Å². The van der Waals surface area contributed by atoms with Crippen molar-refractivity contribution in [2.24, 2.45) is 0 Å². The Bertz CT molecular complexity index is 1380. The van der Waals surface area contributed by atoms with Crippen molar-refractivity contribution in [2.75, 3.05) is 5.32 Å². The summed E-state index contributed by atoms with van der Waals surface area (Å²) in [7, 11) is 0. The second-order valence-corrected chi connectivity index (χ2v) is 10.5. The number of fused-ring (bicyclic) bond motifs is 1. The van der Waals surface area contributed by atoms with Gasteiger partial charge in [-0.3, -0.25) is 9.89 Å². The Hall–Kier alpha value is -2.95. The lowest BCUT2D eigenvalue weighted by Crippen LogP contribution is -2.13. The van der Waals surface area contributed by atoms with Crippen LogP contribution in [-0.4, -0.2) is 26.3 Å². The number of nitrogens with zero attached hydrogens (tertiary/aromatic N) is 3. The number of amides is 1. The molecule has 0 aliphatic rings. The van der Waals surface area contributed by atoms with E-state index in [1.165, 1.54) is 28.0 Å². The molecule has 0 saturated carbocycles. The van der Waals surface area contributed by atoms with Crippen LogP contribution in [-0.2, 0) is 5.75 Å². The molecule has 0 spiro atoms. The van der Waals surface area contributed by atoms with E-state index in [9.17, 15) is 4.79 Å². The maximum absolute atomic E-state index is 13.1. The van der Waals surface area contributed by atoms with Crippen LogP contribution in [0.3, 0.4) is 0 Å². The first-order valence-electron chi connectivity index (χ1n) is 9.44. The van der Waals surface area contributed by atoms with Crippen LogP contribution >= 0.6 is 34.4 Å². The van der Waals surface area contributed by atoms with Gasteiger partial charge < -0.3 is 9.73 Å². The minimum Gasteiger partial charge on any atom is -0.451 e. The molecular weight excluding hydrogens is 450 g/mol. The molecule has 31 heavy (non-hydrogen) atoms. The fourth-order valence-corrected chi connectivity index (χ4v) is 5.84. The Morgan fingerprint density at radius 1 is 1.16 bits per heavy atom. The minimum absolute atomic E-state index is 0.284. The summed E-state index contributed by atoms with van der Waals surface area (Å²) in [5, 5.41) is 20.1. The number of nitrogens with one attached hydrogen (secondary N) is 2. The van der Waals surface area contributed by atoms with E-state index in [1.54, 1.807) is 11.3 Å². The first kappa shape index (κ1) is 20.0. The molecule has 1 aromatic carbocycles. The molecular formula is C21H17N5O2S3. The molecule has 5 rings (SSSR count). The zero-order chi connectivity index (χ0) is 21.4. The summed E-state index contributed by atoms with van der Waals surface area (Å²) >= 11 is 4.74. The molecule has 156 valence electrons. The number of rotatable bonds is 6. The number of anilines is 1. The molecule has 10 heteroatoms. The molecule has 0 radical (unpaired) electrons. The number of benzene rings is 1. The fraction of sp³-hybridized carbons (Fsp3) is 0.143. The van der Waals surface area contributed by atoms with Crippen molar-refractivity contribution >= 4 is 57.1 Å². The van der Waals surface area contributed by atoms with Gasteiger partial charge in [-0.15, -0.1) is 21.5 Å². The summed E-state index contributed by atoms with van der Waals surface area (Å²) in [6.07, 6.45) is 0. The molecule has 2 N–H and O–H groups in total. The van der Waals surface area contributed by atoms with Crippen molar-refractivity contribution in [3.63, 3.8) is 0 Å². The van der Waals surface area contributed by atoms with Gasteiger partial charge in [-0.05, 0) is 32.0 Å². The third kappa shape index (κ3) is 4.14. The van der Waals surface area contributed by atoms with Crippen LogP contribution in [0, 0.1) is 13.8 Å². The van der Waals surface area contributed by atoms with Crippen molar-refractivity contribution in [3.05, 3.63) is 63.7 Å². The normalized spacial score (nSPS) is 11.3. The number of aromatic amines is 1. The summed E-state index contributed by atoms with van der Waals surface area (Å²) in [4.78, 5) is 15.4. The zero-order valence-corrected chi connectivity index (χ0v) is 19.1. The number of carbonyl (C=O) groups excluding carboxylic acids is 1. The van der Waals surface area contributed by atoms with Gasteiger partial charge in [-0.1, -0.05) is 41.3 Å². The molecule has 7 nitrogen and oxygen atoms in total. The van der Waals surface area contributed by atoms with Crippen molar-refractivity contribution in [3.8, 4) is 10.6 Å². The predicted octanol–water partition coefficient (Wildman–Crippen LogP) is 5.90. The zero-order valence-electron chi connectivity index (χ0n) is 16.6. The average molecular weight is 468 g/mol. The molecule has 1 amide bonds. The van der Waals surface area contributed by atoms with Crippen LogP contribution in [0.5, 0.6) is 0 Å². The topological polar surface area (TPSA) is 96.7 Å². The van der Waals surface area contributed by atoms with Crippen LogP contribution < -0.4 is 5.32 Å². The third-order valence-electron chi connectivity index (χ3n) is 4.58. The number of H-pyrrole nitrogens is 1. The van der Waals surface area contributed by atoms with Crippen LogP contribution in [0.15, 0.2) is 51.2 Å². The van der Waals surface area contributed by atoms with E-state index >= 15 is 0 Å². The van der Waals surface area contributed by atoms with Gasteiger partial charge in [0.25, 0.3) is 5.91 Å². The maximum Gasteiger partial charge on any atom is 0.292 e. The van der Waals surface area contributed by atoms with Gasteiger partial charge >= 0.3 is 0 Å². The highest BCUT2D eigenvalue weighted by Crippen LogP contribution is 2.34. The number of aryl methyl sites for hydroxylation is 2. The van der Waals surface area contributed by atoms with E-state index in [2.05, 4.69) is 38.7 Å². The largest absolute Gasteiger partial charge is 0.451 e. The molecule has 0 atom stereocenters. The number of furan rings is 1. The molecule has 0 saturated heterocycles. The van der Waals surface area contributed by atoms with E-state index in [1.807, 2.05) is 43.3 Å². The summed E-state index contributed by atoms with van der Waals surface area (Å²) in [5.41, 5.74) is 2.37. The van der Waals surface area contributed by atoms with Crippen molar-refractivity contribution < 1.29 is 9.21 Å². The van der Waals surface area contributed by atoms with Crippen LogP contribution in [0.1, 0.15) is 26.0 Å². The molecule has 0 aliphatic carbocycles. The number of hydrogen-bond acceptors (Lipinski definition) is 8. The van der Waals surface area contributed by atoms with E-state index in [-0.39, 0.29) is 11.7 Å². The highest BCUT2D eigenvalue weighted by Gasteiger charge is 2.22. The van der Waals surface area contributed by atoms with E-state index < -0.39 is 0 Å². The molecule has 0 fully saturated rings. The lowest BCUT2D eigenvalue weighted by Gasteiger charge is -2.02. The Morgan fingerprint density at radius 3 is 2.81 bits per heavy atom. The smallest absolute Gasteiger partial charge is 0.292 e. The molecule has 0 unspecified atom stereocenters. The molecule has 5 aromatic rings. The first-order valence-corrected chi connectivity index (χ1v) is 12.1. The Kier molecular flexibility index (Phi) is 5.34. The number of carbonyl (C=O) groups is 1. The number of thiophene rings is 1. The molecule has 4 heterocycles. The van der Waals surface area contributed by atoms with Crippen LogP contribution in [0.2, 0.25) is 0 Å². The summed E-state index contributed by atoms with van der Waals surface area (Å²) in [6, 6.07) is 13.6. The monoisotopic (exact) mass is 467 g/mol. The van der Waals surface area contributed by atoms with Gasteiger partial charge in [0.2, 0.25) is 0 Å². The fourth-order valence-electron chi connectivity index (χ4n) is 3.16. The number of aromatic nitrogens is 4. The van der Waals surface area contributed by atoms with E-state index in [0.717, 1.165) is 30.9 Å². The van der Waals surface area contributed by atoms with Crippen molar-refractivity contribution in [1.82, 2.24) is 20.4 Å². The number of hydrogen-bond donors (Lipinski definition) is 2. The maximum atomic E-state index is 13.1. The highest BCUT2D eigenvalue weighted by molar-refractivity contribution is 8.00. The van der Waals surface area contributed by atoms with Gasteiger partial charge in [0, 0.05) is 27.6 Å². The van der Waals surface area contributed by atoms with Crippen molar-refractivity contribution in [1.29, 1.82) is 0 Å². The van der Waals surface area contributed by atoms with Gasteiger partial charge in [0.1, 0.15) is 10.6 Å². The Labute approximate surface area is 189 Å². The van der Waals surface area contributed by atoms with Gasteiger partial charge in [0.15, 0.2) is 15.9 Å². The summed E-state index contributed by atoms with van der Waals surface area (Å²) < 4.78 is 6.79. The van der Waals surface area contributed by atoms with Gasteiger partial charge in [-0.2, -0.15) is 5.10 Å². The highest BCUT2D eigenvalue weighted by atomic mass is 32.2. The molecule has 0 aliphatic heterocycles. The van der Waals surface area contributed by atoms with Crippen LogP contribution in [0.25, 0.3) is 21.5 Å². The molecule has 4 aromatic heterocycles. The van der Waals surface area contributed by atoms with Gasteiger partial charge in [0.05, 0.1) is 10.6 Å². The third-order valence-corrected chi connectivity index (χ3v) is 7.61. The lowest BCUT2D eigenvalue weighted by atomic mass is 10.1. The lowest BCUT2D eigenvalue weighted by molar-refractivity contribution is 0.0997. The SMILES string of the molecule is Cc1ccc(-c2cc(NC(=O)c3oc4ccccc4c3CSc3nnc(C)s3)n[nH]2)s1. The van der Waals surface area contributed by atoms with Crippen molar-refractivity contribution in [2.45, 2.75) is 23.9 Å². The average Bonchev–Trinajstić information content (AvgIpc) is 3.53. The second kappa shape index (κ2) is 8.29. The Morgan fingerprint density at radius 2 is 2.03 bits per heavy atom. The van der Waals surface area contributed by atoms with Crippen LogP contribution in [0.4, 0.5) is 5.82 Å². The standard InChI is InChI=1S/C21H17N5O2S3/c1-11-7-8-17(30-11)15-9-18(25-24-15)22-20(27)19-14(10-29-21-26-23-12(2)31-21)13-5-3-4-6-16(13)28-19/h3-9H,10H2,1-2H3,(H2,22,24,25,27). The number of thioether (sulfide) groups is 1. The first-order chi connectivity index (χ1) is 15.1. The Balaban J connectivity index is 1.41. The summed E-state index contributed by atoms with van der Waals surface area (Å²) in [6.45, 7) is 3.97.